The van der Waals surface area contributed by atoms with Crippen LogP contribution in [0.2, 0.25) is 0 Å². The number of hydrogen-bond donors (Lipinski definition) is 4. The summed E-state index contributed by atoms with van der Waals surface area (Å²) in [6, 6.07) is 9.33. The average Bonchev–Trinajstić information content (AvgIpc) is 2.89. The second-order valence-electron chi connectivity index (χ2n) is 7.63. The lowest BCUT2D eigenvalue weighted by Gasteiger charge is -2.31. The van der Waals surface area contributed by atoms with Crippen LogP contribution in [-0.4, -0.2) is 70.7 Å². The molecular weight excluding hydrogens is 354 g/mol. The Morgan fingerprint density at radius 2 is 1.85 bits per heavy atom. The zero-order valence-electron chi connectivity index (χ0n) is 15.9. The lowest BCUT2D eigenvalue weighted by Crippen LogP contribution is -2.50. The molecule has 0 aromatic heterocycles. The number of amides is 1. The number of ether oxygens (including phenoxy) is 3. The van der Waals surface area contributed by atoms with Gasteiger partial charge in [0.2, 0.25) is 0 Å². The highest BCUT2D eigenvalue weighted by molar-refractivity contribution is 5.67. The first-order chi connectivity index (χ1) is 12.7. The Kier molecular flexibility index (Phi) is 7.19. The van der Waals surface area contributed by atoms with Crippen LogP contribution in [0.5, 0.6) is 0 Å². The quantitative estimate of drug-likeness (QED) is 0.544. The summed E-state index contributed by atoms with van der Waals surface area (Å²) in [5, 5.41) is 32.7. The van der Waals surface area contributed by atoms with Gasteiger partial charge < -0.3 is 34.8 Å². The van der Waals surface area contributed by atoms with Crippen LogP contribution >= 0.6 is 0 Å². The maximum atomic E-state index is 11.8. The summed E-state index contributed by atoms with van der Waals surface area (Å²) in [6.45, 7) is 4.27. The number of aliphatic hydroxyl groups excluding tert-OH is 3. The van der Waals surface area contributed by atoms with E-state index >= 15 is 0 Å². The van der Waals surface area contributed by atoms with E-state index in [2.05, 4.69) is 5.32 Å². The maximum absolute atomic E-state index is 11.8. The Morgan fingerprint density at radius 1 is 1.22 bits per heavy atom. The van der Waals surface area contributed by atoms with E-state index < -0.39 is 48.8 Å². The summed E-state index contributed by atoms with van der Waals surface area (Å²) in [6.07, 6.45) is -3.62. The van der Waals surface area contributed by atoms with Gasteiger partial charge in [-0.25, -0.2) is 4.79 Å². The number of hydrogen-bond acceptors (Lipinski definition) is 7. The van der Waals surface area contributed by atoms with E-state index in [1.807, 2.05) is 30.3 Å². The first kappa shape index (κ1) is 21.6. The van der Waals surface area contributed by atoms with Gasteiger partial charge in [0.05, 0.1) is 19.8 Å². The van der Waals surface area contributed by atoms with Crippen LogP contribution in [0.15, 0.2) is 30.3 Å². The monoisotopic (exact) mass is 383 g/mol. The molecule has 0 radical (unpaired) electrons. The number of benzene rings is 1. The van der Waals surface area contributed by atoms with Crippen molar-refractivity contribution in [1.29, 1.82) is 0 Å². The van der Waals surface area contributed by atoms with Crippen LogP contribution in [0, 0.1) is 0 Å². The summed E-state index contributed by atoms with van der Waals surface area (Å²) in [7, 11) is 0. The fraction of sp³-hybridized carbons (Fsp3) is 0.632. The first-order valence-corrected chi connectivity index (χ1v) is 8.91. The topological polar surface area (TPSA) is 117 Å². The zero-order valence-corrected chi connectivity index (χ0v) is 15.9. The van der Waals surface area contributed by atoms with Gasteiger partial charge in [0.25, 0.3) is 0 Å². The zero-order chi connectivity index (χ0) is 20.1. The molecule has 1 amide bonds. The van der Waals surface area contributed by atoms with Crippen molar-refractivity contribution in [3.8, 4) is 0 Å². The van der Waals surface area contributed by atoms with Gasteiger partial charge >= 0.3 is 6.09 Å². The van der Waals surface area contributed by atoms with Crippen molar-refractivity contribution in [3.05, 3.63) is 35.9 Å². The van der Waals surface area contributed by atoms with Crippen molar-refractivity contribution in [2.24, 2.45) is 0 Å². The van der Waals surface area contributed by atoms with Crippen molar-refractivity contribution in [2.45, 2.75) is 56.9 Å². The summed E-state index contributed by atoms with van der Waals surface area (Å²) in [4.78, 5) is 11.8. The Balaban J connectivity index is 2.01. The molecule has 0 bridgehead atoms. The van der Waals surface area contributed by atoms with E-state index in [0.29, 0.717) is 0 Å². The Labute approximate surface area is 159 Å². The highest BCUT2D eigenvalue weighted by Crippen LogP contribution is 2.33. The predicted octanol–water partition coefficient (Wildman–Crippen LogP) is 0.580. The molecule has 27 heavy (non-hydrogen) atoms. The van der Waals surface area contributed by atoms with E-state index in [9.17, 15) is 20.1 Å². The minimum Gasteiger partial charge on any atom is -0.444 e. The number of carbonyl (C=O) groups is 1. The molecule has 1 aliphatic heterocycles. The van der Waals surface area contributed by atoms with Gasteiger partial charge in [0, 0.05) is 6.54 Å². The Hall–Kier alpha value is -1.71. The van der Waals surface area contributed by atoms with Crippen LogP contribution < -0.4 is 5.32 Å². The van der Waals surface area contributed by atoms with E-state index in [-0.39, 0.29) is 13.2 Å². The van der Waals surface area contributed by atoms with Gasteiger partial charge in [-0.2, -0.15) is 0 Å². The Morgan fingerprint density at radius 3 is 2.41 bits per heavy atom. The smallest absolute Gasteiger partial charge is 0.407 e. The number of carbonyl (C=O) groups excluding carboxylic acids is 1. The molecule has 1 aromatic carbocycles. The molecule has 1 aromatic rings. The maximum Gasteiger partial charge on any atom is 0.407 e. The largest absolute Gasteiger partial charge is 0.444 e. The summed E-state index contributed by atoms with van der Waals surface area (Å²) >= 11 is 0. The third-order valence-corrected chi connectivity index (χ3v) is 4.25. The molecule has 152 valence electrons. The highest BCUT2D eigenvalue weighted by atomic mass is 16.6. The summed E-state index contributed by atoms with van der Waals surface area (Å²) in [5.41, 5.74) is -1.24. The normalized spacial score (nSPS) is 24.6. The van der Waals surface area contributed by atoms with E-state index in [1.54, 1.807) is 20.8 Å². The van der Waals surface area contributed by atoms with Crippen LogP contribution in [-0.2, 0) is 20.8 Å². The van der Waals surface area contributed by atoms with E-state index in [1.165, 1.54) is 0 Å². The molecule has 1 heterocycles. The molecule has 3 atom stereocenters. The fourth-order valence-electron chi connectivity index (χ4n) is 2.92. The van der Waals surface area contributed by atoms with Crippen LogP contribution in [0.4, 0.5) is 4.79 Å². The lowest BCUT2D eigenvalue weighted by atomic mass is 9.95. The number of alkyl carbamates (subject to hydrolysis) is 1. The van der Waals surface area contributed by atoms with Gasteiger partial charge in [0.1, 0.15) is 29.5 Å². The lowest BCUT2D eigenvalue weighted by molar-refractivity contribution is -0.154. The SMILES string of the molecule is CC(C)(C)OC(=O)NC[C@@H]1OC(CO)(CO)[C@@H](OCc2ccccc2)[C@H]1O. The standard InChI is InChI=1S/C19H29NO7/c1-18(2,3)27-17(24)20-9-14-15(23)16(19(11-21,12-22)26-14)25-10-13-7-5-4-6-8-13/h4-8,14-16,21-23H,9-12H2,1-3H3,(H,20,24)/t14-,15-,16-/m0/s1. The van der Waals surface area contributed by atoms with Gasteiger partial charge in [0.15, 0.2) is 0 Å². The molecule has 0 aliphatic carbocycles. The van der Waals surface area contributed by atoms with Crippen LogP contribution in [0.3, 0.4) is 0 Å². The molecule has 0 unspecified atom stereocenters. The molecule has 1 fully saturated rings. The van der Waals surface area contributed by atoms with Gasteiger partial charge in [-0.1, -0.05) is 30.3 Å². The van der Waals surface area contributed by atoms with Crippen molar-refractivity contribution >= 4 is 6.09 Å². The molecular formula is C19H29NO7. The molecule has 1 saturated heterocycles. The summed E-state index contributed by atoms with van der Waals surface area (Å²) in [5.74, 6) is 0. The first-order valence-electron chi connectivity index (χ1n) is 8.91. The van der Waals surface area contributed by atoms with Crippen molar-refractivity contribution in [3.63, 3.8) is 0 Å². The third-order valence-electron chi connectivity index (χ3n) is 4.25. The van der Waals surface area contributed by atoms with Crippen molar-refractivity contribution < 1.29 is 34.3 Å². The van der Waals surface area contributed by atoms with E-state index in [0.717, 1.165) is 5.56 Å². The van der Waals surface area contributed by atoms with Crippen LogP contribution in [0.25, 0.3) is 0 Å². The summed E-state index contributed by atoms with van der Waals surface area (Å²) < 4.78 is 16.6. The molecule has 4 N–H and O–H groups in total. The predicted molar refractivity (Wildman–Crippen MR) is 97.0 cm³/mol. The number of aliphatic hydroxyl groups is 3. The second kappa shape index (κ2) is 8.99. The minimum absolute atomic E-state index is 0.0526. The molecule has 0 spiro atoms. The van der Waals surface area contributed by atoms with Gasteiger partial charge in [-0.3, -0.25) is 0 Å². The van der Waals surface area contributed by atoms with Crippen molar-refractivity contribution in [1.82, 2.24) is 5.32 Å². The third kappa shape index (κ3) is 5.63. The molecule has 8 nitrogen and oxygen atoms in total. The number of nitrogens with one attached hydrogen (secondary N) is 1. The molecule has 2 rings (SSSR count). The van der Waals surface area contributed by atoms with Crippen LogP contribution in [0.1, 0.15) is 26.3 Å². The van der Waals surface area contributed by atoms with Gasteiger partial charge in [-0.15, -0.1) is 0 Å². The average molecular weight is 383 g/mol. The minimum atomic E-state index is -1.46. The number of rotatable bonds is 7. The van der Waals surface area contributed by atoms with Gasteiger partial charge in [-0.05, 0) is 26.3 Å². The van der Waals surface area contributed by atoms with Crippen molar-refractivity contribution in [2.75, 3.05) is 19.8 Å². The Bertz CT molecular complexity index is 598. The molecule has 1 aliphatic rings. The fourth-order valence-corrected chi connectivity index (χ4v) is 2.92. The van der Waals surface area contributed by atoms with E-state index in [4.69, 9.17) is 14.2 Å². The molecule has 8 heteroatoms. The highest BCUT2D eigenvalue weighted by Gasteiger charge is 2.55. The second-order valence-corrected chi connectivity index (χ2v) is 7.63. The molecule has 0 saturated carbocycles.